The Kier molecular flexibility index (Phi) is 4.32. The number of nitrogen functional groups attached to an aromatic ring is 1. The number of amides is 1. The van der Waals surface area contributed by atoms with Gasteiger partial charge in [-0.15, -0.1) is 0 Å². The molecule has 1 unspecified atom stereocenters. The van der Waals surface area contributed by atoms with Crippen molar-refractivity contribution < 1.29 is 4.79 Å². The fraction of sp³-hybridized carbons (Fsp3) is 0.500. The summed E-state index contributed by atoms with van der Waals surface area (Å²) >= 11 is 6.01. The minimum atomic E-state index is -0.209. The summed E-state index contributed by atoms with van der Waals surface area (Å²) in [6.45, 7) is 2.70. The molecule has 3 N–H and O–H groups in total. The summed E-state index contributed by atoms with van der Waals surface area (Å²) in [6, 6.07) is 6.07. The third-order valence-electron chi connectivity index (χ3n) is 3.65. The number of nitrogens with one attached hydrogen (secondary N) is 1. The zero-order valence-corrected chi connectivity index (χ0v) is 12.1. The molecule has 0 radical (unpaired) electrons. The molecular formula is C14H20ClN3O. The maximum atomic E-state index is 12.1. The minimum absolute atomic E-state index is 0.209. The first-order valence-electron chi connectivity index (χ1n) is 6.55. The molecule has 1 amide bonds. The quantitative estimate of drug-likeness (QED) is 0.813. The molecule has 0 heterocycles. The topological polar surface area (TPSA) is 58.4 Å². The van der Waals surface area contributed by atoms with Crippen LogP contribution >= 0.6 is 11.6 Å². The molecule has 0 spiro atoms. The number of halogens is 1. The highest BCUT2D eigenvalue weighted by atomic mass is 35.5. The van der Waals surface area contributed by atoms with E-state index in [1.165, 1.54) is 12.8 Å². The summed E-state index contributed by atoms with van der Waals surface area (Å²) in [4.78, 5) is 14.4. The van der Waals surface area contributed by atoms with Gasteiger partial charge in [0.25, 0.3) is 5.91 Å². The SMILES string of the molecule is CC(CNC(=O)c1c(N)cccc1Cl)N(C)C1CC1. The molecule has 0 bridgehead atoms. The normalized spacial score (nSPS) is 16.4. The van der Waals surface area contributed by atoms with Crippen molar-refractivity contribution in [1.82, 2.24) is 10.2 Å². The Morgan fingerprint density at radius 3 is 2.84 bits per heavy atom. The predicted octanol–water partition coefficient (Wildman–Crippen LogP) is 2.13. The number of nitrogens with two attached hydrogens (primary N) is 1. The highest BCUT2D eigenvalue weighted by Gasteiger charge is 2.29. The van der Waals surface area contributed by atoms with Crippen molar-refractivity contribution in [2.75, 3.05) is 19.3 Å². The van der Waals surface area contributed by atoms with Crippen molar-refractivity contribution >= 4 is 23.2 Å². The summed E-state index contributed by atoms with van der Waals surface area (Å²) in [5.74, 6) is -0.209. The van der Waals surface area contributed by atoms with Crippen LogP contribution in [0.15, 0.2) is 18.2 Å². The van der Waals surface area contributed by atoms with Crippen LogP contribution in [0.25, 0.3) is 0 Å². The second kappa shape index (κ2) is 5.80. The van der Waals surface area contributed by atoms with Crippen LogP contribution in [0, 0.1) is 0 Å². The molecule has 19 heavy (non-hydrogen) atoms. The van der Waals surface area contributed by atoms with Crippen molar-refractivity contribution in [3.05, 3.63) is 28.8 Å². The Morgan fingerprint density at radius 1 is 1.58 bits per heavy atom. The van der Waals surface area contributed by atoms with Crippen molar-refractivity contribution in [2.45, 2.75) is 31.8 Å². The maximum absolute atomic E-state index is 12.1. The van der Waals surface area contributed by atoms with Crippen molar-refractivity contribution in [2.24, 2.45) is 0 Å². The standard InChI is InChI=1S/C14H20ClN3O/c1-9(18(2)10-6-7-10)8-17-14(19)13-11(15)4-3-5-12(13)16/h3-5,9-10H,6-8,16H2,1-2H3,(H,17,19). The number of carbonyl (C=O) groups excluding carboxylic acids is 1. The van der Waals surface area contributed by atoms with Crippen LogP contribution in [0.5, 0.6) is 0 Å². The smallest absolute Gasteiger partial charge is 0.254 e. The lowest BCUT2D eigenvalue weighted by Gasteiger charge is -2.24. The van der Waals surface area contributed by atoms with Crippen LogP contribution in [-0.4, -0.2) is 36.5 Å². The largest absolute Gasteiger partial charge is 0.398 e. The maximum Gasteiger partial charge on any atom is 0.254 e. The van der Waals surface area contributed by atoms with E-state index >= 15 is 0 Å². The average Bonchev–Trinajstić information content (AvgIpc) is 3.19. The molecular weight excluding hydrogens is 262 g/mol. The zero-order chi connectivity index (χ0) is 14.0. The first kappa shape index (κ1) is 14.2. The average molecular weight is 282 g/mol. The van der Waals surface area contributed by atoms with Gasteiger partial charge in [0, 0.05) is 24.3 Å². The fourth-order valence-electron chi connectivity index (χ4n) is 2.09. The van der Waals surface area contributed by atoms with E-state index in [1.807, 2.05) is 0 Å². The van der Waals surface area contributed by atoms with Crippen LogP contribution in [0.3, 0.4) is 0 Å². The number of hydrogen-bond acceptors (Lipinski definition) is 3. The van der Waals surface area contributed by atoms with Gasteiger partial charge in [0.05, 0.1) is 10.6 Å². The van der Waals surface area contributed by atoms with Gasteiger partial charge >= 0.3 is 0 Å². The minimum Gasteiger partial charge on any atom is -0.398 e. The van der Waals surface area contributed by atoms with E-state index in [2.05, 4.69) is 24.2 Å². The molecule has 1 aromatic rings. The summed E-state index contributed by atoms with van der Waals surface area (Å²) in [5.41, 5.74) is 6.57. The van der Waals surface area contributed by atoms with Crippen LogP contribution in [0.1, 0.15) is 30.1 Å². The van der Waals surface area contributed by atoms with Gasteiger partial charge in [0.15, 0.2) is 0 Å². The molecule has 1 saturated carbocycles. The van der Waals surface area contributed by atoms with Gasteiger partial charge < -0.3 is 11.1 Å². The molecule has 0 aliphatic heterocycles. The van der Waals surface area contributed by atoms with Gasteiger partial charge in [0.2, 0.25) is 0 Å². The highest BCUT2D eigenvalue weighted by Crippen LogP contribution is 2.27. The summed E-state index contributed by atoms with van der Waals surface area (Å²) in [5, 5.41) is 3.29. The molecule has 0 saturated heterocycles. The Bertz CT molecular complexity index is 454. The second-order valence-corrected chi connectivity index (χ2v) is 5.57. The summed E-state index contributed by atoms with van der Waals surface area (Å²) in [7, 11) is 2.10. The molecule has 1 fully saturated rings. The summed E-state index contributed by atoms with van der Waals surface area (Å²) in [6.07, 6.45) is 2.51. The van der Waals surface area contributed by atoms with Crippen molar-refractivity contribution in [3.63, 3.8) is 0 Å². The molecule has 0 aromatic heterocycles. The van der Waals surface area contributed by atoms with Crippen LogP contribution in [0.2, 0.25) is 5.02 Å². The van der Waals surface area contributed by atoms with E-state index in [-0.39, 0.29) is 5.91 Å². The second-order valence-electron chi connectivity index (χ2n) is 5.16. The van der Waals surface area contributed by atoms with Crippen LogP contribution in [-0.2, 0) is 0 Å². The van der Waals surface area contributed by atoms with Crippen LogP contribution in [0.4, 0.5) is 5.69 Å². The van der Waals surface area contributed by atoms with E-state index in [0.717, 1.165) is 0 Å². The number of hydrogen-bond donors (Lipinski definition) is 2. The Morgan fingerprint density at radius 2 is 2.26 bits per heavy atom. The third-order valence-corrected chi connectivity index (χ3v) is 3.96. The van der Waals surface area contributed by atoms with Crippen molar-refractivity contribution in [3.8, 4) is 0 Å². The number of benzene rings is 1. The number of nitrogens with zero attached hydrogens (tertiary/aromatic N) is 1. The number of likely N-dealkylation sites (N-methyl/N-ethyl adjacent to an activating group) is 1. The lowest BCUT2D eigenvalue weighted by Crippen LogP contribution is -2.41. The monoisotopic (exact) mass is 281 g/mol. The van der Waals surface area contributed by atoms with E-state index in [0.29, 0.717) is 34.9 Å². The Hall–Kier alpha value is -1.26. The first-order valence-corrected chi connectivity index (χ1v) is 6.92. The van der Waals surface area contributed by atoms with Gasteiger partial charge in [-0.25, -0.2) is 0 Å². The van der Waals surface area contributed by atoms with Gasteiger partial charge in [-0.1, -0.05) is 17.7 Å². The van der Waals surface area contributed by atoms with Crippen molar-refractivity contribution in [1.29, 1.82) is 0 Å². The molecule has 1 atom stereocenters. The summed E-state index contributed by atoms with van der Waals surface area (Å²) < 4.78 is 0. The van der Waals surface area contributed by atoms with Gasteiger partial charge in [-0.3, -0.25) is 9.69 Å². The molecule has 4 nitrogen and oxygen atoms in total. The Labute approximate surface area is 118 Å². The van der Waals surface area contributed by atoms with E-state index in [1.54, 1.807) is 18.2 Å². The third kappa shape index (κ3) is 3.39. The lowest BCUT2D eigenvalue weighted by atomic mass is 10.1. The predicted molar refractivity (Wildman–Crippen MR) is 78.4 cm³/mol. The highest BCUT2D eigenvalue weighted by molar-refractivity contribution is 6.34. The fourth-order valence-corrected chi connectivity index (χ4v) is 2.36. The first-order chi connectivity index (χ1) is 9.00. The number of carbonyl (C=O) groups is 1. The van der Waals surface area contributed by atoms with Gasteiger partial charge in [-0.05, 0) is 38.9 Å². The molecule has 1 aliphatic carbocycles. The van der Waals surface area contributed by atoms with Gasteiger partial charge in [0.1, 0.15) is 0 Å². The van der Waals surface area contributed by atoms with E-state index < -0.39 is 0 Å². The molecule has 1 aromatic carbocycles. The van der Waals surface area contributed by atoms with E-state index in [4.69, 9.17) is 17.3 Å². The van der Waals surface area contributed by atoms with E-state index in [9.17, 15) is 4.79 Å². The molecule has 1 aliphatic rings. The van der Waals surface area contributed by atoms with Crippen LogP contribution < -0.4 is 11.1 Å². The molecule has 5 heteroatoms. The molecule has 2 rings (SSSR count). The number of rotatable bonds is 5. The molecule has 104 valence electrons. The van der Waals surface area contributed by atoms with Gasteiger partial charge in [-0.2, -0.15) is 0 Å². The Balaban J connectivity index is 1.93. The lowest BCUT2D eigenvalue weighted by molar-refractivity contribution is 0.0940. The number of anilines is 1. The zero-order valence-electron chi connectivity index (χ0n) is 11.3.